The largest absolute Gasteiger partial charge is 0.363 e. The van der Waals surface area contributed by atoms with Crippen LogP contribution < -0.4 is 10.6 Å². The SMILES string of the molecule is CNCCc1nccc(NC(C)c2ccccc2)n1. The Labute approximate surface area is 114 Å². The van der Waals surface area contributed by atoms with Crippen LogP contribution in [0.15, 0.2) is 42.6 Å². The van der Waals surface area contributed by atoms with E-state index in [0.29, 0.717) is 0 Å². The summed E-state index contributed by atoms with van der Waals surface area (Å²) in [7, 11) is 1.93. The predicted octanol–water partition coefficient (Wildman–Crippen LogP) is 2.41. The molecular weight excluding hydrogens is 236 g/mol. The fourth-order valence-corrected chi connectivity index (χ4v) is 1.88. The number of hydrogen-bond donors (Lipinski definition) is 2. The average molecular weight is 256 g/mol. The monoisotopic (exact) mass is 256 g/mol. The second-order valence-corrected chi connectivity index (χ2v) is 4.49. The fourth-order valence-electron chi connectivity index (χ4n) is 1.88. The zero-order chi connectivity index (χ0) is 13.5. The molecule has 1 heterocycles. The first-order valence-corrected chi connectivity index (χ1v) is 6.57. The number of anilines is 1. The van der Waals surface area contributed by atoms with Crippen LogP contribution in [0.3, 0.4) is 0 Å². The molecule has 19 heavy (non-hydrogen) atoms. The summed E-state index contributed by atoms with van der Waals surface area (Å²) >= 11 is 0. The Morgan fingerprint density at radius 1 is 1.16 bits per heavy atom. The van der Waals surface area contributed by atoms with E-state index in [1.165, 1.54) is 5.56 Å². The summed E-state index contributed by atoms with van der Waals surface area (Å²) in [5.41, 5.74) is 1.25. The topological polar surface area (TPSA) is 49.8 Å². The molecule has 0 fully saturated rings. The van der Waals surface area contributed by atoms with Crippen LogP contribution >= 0.6 is 0 Å². The van der Waals surface area contributed by atoms with Crippen LogP contribution in [0.2, 0.25) is 0 Å². The summed E-state index contributed by atoms with van der Waals surface area (Å²) in [4.78, 5) is 8.78. The Hall–Kier alpha value is -1.94. The van der Waals surface area contributed by atoms with Crippen molar-refractivity contribution in [3.05, 3.63) is 54.0 Å². The van der Waals surface area contributed by atoms with Crippen molar-refractivity contribution in [1.82, 2.24) is 15.3 Å². The van der Waals surface area contributed by atoms with Crippen molar-refractivity contribution in [2.75, 3.05) is 18.9 Å². The Kier molecular flexibility index (Phi) is 4.86. The molecule has 4 heteroatoms. The lowest BCUT2D eigenvalue weighted by Crippen LogP contribution is -2.13. The highest BCUT2D eigenvalue weighted by Crippen LogP contribution is 2.16. The maximum Gasteiger partial charge on any atom is 0.131 e. The van der Waals surface area contributed by atoms with E-state index in [1.807, 2.05) is 31.3 Å². The second-order valence-electron chi connectivity index (χ2n) is 4.49. The van der Waals surface area contributed by atoms with Gasteiger partial charge in [0.25, 0.3) is 0 Å². The van der Waals surface area contributed by atoms with Gasteiger partial charge >= 0.3 is 0 Å². The minimum atomic E-state index is 0.230. The molecule has 0 saturated carbocycles. The highest BCUT2D eigenvalue weighted by molar-refractivity contribution is 5.37. The average Bonchev–Trinajstić information content (AvgIpc) is 2.46. The van der Waals surface area contributed by atoms with Crippen LogP contribution in [0.25, 0.3) is 0 Å². The van der Waals surface area contributed by atoms with Gasteiger partial charge in [-0.15, -0.1) is 0 Å². The third-order valence-electron chi connectivity index (χ3n) is 2.97. The summed E-state index contributed by atoms with van der Waals surface area (Å²) in [6.45, 7) is 3.02. The van der Waals surface area contributed by atoms with Crippen molar-refractivity contribution in [2.24, 2.45) is 0 Å². The standard InChI is InChI=1S/C15H20N4/c1-12(13-6-4-3-5-7-13)18-15-9-11-17-14(19-15)8-10-16-2/h3-7,9,11-12,16H,8,10H2,1-2H3,(H,17,18,19). The number of nitrogens with zero attached hydrogens (tertiary/aromatic N) is 2. The first kappa shape index (κ1) is 13.5. The number of aromatic nitrogens is 2. The summed E-state index contributed by atoms with van der Waals surface area (Å²) in [5.74, 6) is 1.73. The Bertz CT molecular complexity index is 499. The smallest absolute Gasteiger partial charge is 0.131 e. The second kappa shape index (κ2) is 6.85. The van der Waals surface area contributed by atoms with Gasteiger partial charge in [0.1, 0.15) is 11.6 Å². The normalized spacial score (nSPS) is 12.1. The molecule has 0 spiro atoms. The van der Waals surface area contributed by atoms with Crippen molar-refractivity contribution >= 4 is 5.82 Å². The van der Waals surface area contributed by atoms with Gasteiger partial charge in [-0.1, -0.05) is 30.3 Å². The van der Waals surface area contributed by atoms with Gasteiger partial charge in [-0.25, -0.2) is 9.97 Å². The number of likely N-dealkylation sites (N-methyl/N-ethyl adjacent to an activating group) is 1. The van der Waals surface area contributed by atoms with Crippen molar-refractivity contribution in [2.45, 2.75) is 19.4 Å². The van der Waals surface area contributed by atoms with Crippen molar-refractivity contribution in [3.8, 4) is 0 Å². The van der Waals surface area contributed by atoms with Crippen molar-refractivity contribution in [3.63, 3.8) is 0 Å². The first-order valence-electron chi connectivity index (χ1n) is 6.57. The third-order valence-corrected chi connectivity index (χ3v) is 2.97. The molecule has 2 aromatic rings. The lowest BCUT2D eigenvalue weighted by atomic mass is 10.1. The summed E-state index contributed by atoms with van der Waals surface area (Å²) in [6, 6.07) is 12.5. The molecule has 0 aliphatic carbocycles. The van der Waals surface area contributed by atoms with Gasteiger partial charge in [-0.2, -0.15) is 0 Å². The van der Waals surface area contributed by atoms with Gasteiger partial charge < -0.3 is 10.6 Å². The molecule has 0 radical (unpaired) electrons. The van der Waals surface area contributed by atoms with E-state index < -0.39 is 0 Å². The molecule has 0 amide bonds. The molecule has 100 valence electrons. The lowest BCUT2D eigenvalue weighted by molar-refractivity contribution is 0.753. The van der Waals surface area contributed by atoms with Crippen LogP contribution in [0.1, 0.15) is 24.4 Å². The van der Waals surface area contributed by atoms with Crippen molar-refractivity contribution < 1.29 is 0 Å². The Balaban J connectivity index is 2.02. The van der Waals surface area contributed by atoms with Gasteiger partial charge in [-0.05, 0) is 25.6 Å². The quantitative estimate of drug-likeness (QED) is 0.833. The van der Waals surface area contributed by atoms with Gasteiger partial charge in [-0.3, -0.25) is 0 Å². The summed E-state index contributed by atoms with van der Waals surface area (Å²) in [6.07, 6.45) is 2.64. The molecule has 0 saturated heterocycles. The highest BCUT2D eigenvalue weighted by Gasteiger charge is 2.06. The number of rotatable bonds is 6. The number of hydrogen-bond acceptors (Lipinski definition) is 4. The number of nitrogens with one attached hydrogen (secondary N) is 2. The molecule has 2 N–H and O–H groups in total. The molecule has 0 bridgehead atoms. The van der Waals surface area contributed by atoms with Gasteiger partial charge in [0, 0.05) is 25.2 Å². The Morgan fingerprint density at radius 2 is 1.95 bits per heavy atom. The molecule has 0 aliphatic rings. The maximum absolute atomic E-state index is 4.51. The van der Waals surface area contributed by atoms with E-state index in [9.17, 15) is 0 Å². The third kappa shape index (κ3) is 4.03. The summed E-state index contributed by atoms with van der Waals surface area (Å²) < 4.78 is 0. The van der Waals surface area contributed by atoms with E-state index in [2.05, 4.69) is 39.7 Å². The minimum Gasteiger partial charge on any atom is -0.363 e. The van der Waals surface area contributed by atoms with Gasteiger partial charge in [0.05, 0.1) is 0 Å². The highest BCUT2D eigenvalue weighted by atomic mass is 15.0. The Morgan fingerprint density at radius 3 is 2.68 bits per heavy atom. The van der Waals surface area contributed by atoms with Crippen LogP contribution in [-0.4, -0.2) is 23.6 Å². The van der Waals surface area contributed by atoms with Crippen LogP contribution in [0, 0.1) is 0 Å². The van der Waals surface area contributed by atoms with Gasteiger partial charge in [0.2, 0.25) is 0 Å². The minimum absolute atomic E-state index is 0.230. The lowest BCUT2D eigenvalue weighted by Gasteiger charge is -2.15. The molecule has 0 aliphatic heterocycles. The molecule has 1 unspecified atom stereocenters. The van der Waals surface area contributed by atoms with Crippen LogP contribution in [-0.2, 0) is 6.42 Å². The van der Waals surface area contributed by atoms with E-state index in [4.69, 9.17) is 0 Å². The first-order chi connectivity index (χ1) is 9.29. The van der Waals surface area contributed by atoms with Gasteiger partial charge in [0.15, 0.2) is 0 Å². The molecule has 1 atom stereocenters. The molecular formula is C15H20N4. The van der Waals surface area contributed by atoms with E-state index in [1.54, 1.807) is 6.20 Å². The number of benzene rings is 1. The van der Waals surface area contributed by atoms with Crippen LogP contribution in [0.4, 0.5) is 5.82 Å². The molecule has 1 aromatic heterocycles. The van der Waals surface area contributed by atoms with E-state index in [0.717, 1.165) is 24.6 Å². The fraction of sp³-hybridized carbons (Fsp3) is 0.333. The zero-order valence-electron chi connectivity index (χ0n) is 11.4. The predicted molar refractivity (Wildman–Crippen MR) is 78.1 cm³/mol. The maximum atomic E-state index is 4.51. The van der Waals surface area contributed by atoms with Crippen molar-refractivity contribution in [1.29, 1.82) is 0 Å². The molecule has 2 rings (SSSR count). The van der Waals surface area contributed by atoms with Crippen LogP contribution in [0.5, 0.6) is 0 Å². The van der Waals surface area contributed by atoms with E-state index in [-0.39, 0.29) is 6.04 Å². The zero-order valence-corrected chi connectivity index (χ0v) is 11.4. The summed E-state index contributed by atoms with van der Waals surface area (Å²) in [5, 5.41) is 6.51. The molecule has 1 aromatic carbocycles. The molecule has 4 nitrogen and oxygen atoms in total. The van der Waals surface area contributed by atoms with E-state index >= 15 is 0 Å².